The molecule has 0 aromatic heterocycles. The lowest BCUT2D eigenvalue weighted by molar-refractivity contribution is -0.186. The number of likely N-dealkylation sites (tertiary alicyclic amines) is 1. The van der Waals surface area contributed by atoms with E-state index in [0.717, 1.165) is 4.90 Å². The quantitative estimate of drug-likeness (QED) is 0.756. The van der Waals surface area contributed by atoms with Gasteiger partial charge in [-0.3, -0.25) is 4.79 Å². The third kappa shape index (κ3) is 3.79. The number of carbonyl (C=O) groups excluding carboxylic acids is 2. The van der Waals surface area contributed by atoms with E-state index in [1.165, 1.54) is 7.11 Å². The van der Waals surface area contributed by atoms with Gasteiger partial charge >= 0.3 is 18.2 Å². The zero-order valence-electron chi connectivity index (χ0n) is 9.21. The average Bonchev–Trinajstić information content (AvgIpc) is 2.27. The van der Waals surface area contributed by atoms with Crippen LogP contribution in [0.5, 0.6) is 0 Å². The smallest absolute Gasteiger partial charge is 0.453 e. The van der Waals surface area contributed by atoms with E-state index in [2.05, 4.69) is 10.1 Å². The molecule has 0 aromatic carbocycles. The first-order chi connectivity index (χ1) is 7.84. The minimum atomic E-state index is -4.83. The number of nitrogens with zero attached hydrogens (tertiary/aromatic N) is 1. The second-order valence-corrected chi connectivity index (χ2v) is 3.70. The number of ether oxygens (including phenoxy) is 1. The zero-order chi connectivity index (χ0) is 13.1. The summed E-state index contributed by atoms with van der Waals surface area (Å²) in [6.45, 7) is -0.0417. The third-order valence-electron chi connectivity index (χ3n) is 2.53. The van der Waals surface area contributed by atoms with Gasteiger partial charge in [0.1, 0.15) is 0 Å². The molecule has 0 bridgehead atoms. The van der Waals surface area contributed by atoms with Crippen molar-refractivity contribution in [2.24, 2.45) is 0 Å². The maximum atomic E-state index is 12.1. The summed E-state index contributed by atoms with van der Waals surface area (Å²) in [6, 6.07) is -0.250. The molecule has 0 saturated carbocycles. The Morgan fingerprint density at radius 3 is 2.24 bits per heavy atom. The number of methoxy groups -OCH3 is 1. The van der Waals surface area contributed by atoms with Crippen LogP contribution >= 0.6 is 0 Å². The van der Waals surface area contributed by atoms with Crippen molar-refractivity contribution in [3.8, 4) is 0 Å². The van der Waals surface area contributed by atoms with Gasteiger partial charge in [0.05, 0.1) is 7.11 Å². The van der Waals surface area contributed by atoms with E-state index in [-0.39, 0.29) is 32.0 Å². The van der Waals surface area contributed by atoms with Crippen LogP contribution in [0.25, 0.3) is 0 Å². The van der Waals surface area contributed by atoms with Gasteiger partial charge in [-0.15, -0.1) is 0 Å². The van der Waals surface area contributed by atoms with E-state index in [1.54, 1.807) is 0 Å². The van der Waals surface area contributed by atoms with Crippen molar-refractivity contribution >= 4 is 12.0 Å². The lowest BCUT2D eigenvalue weighted by atomic mass is 10.1. The summed E-state index contributed by atoms with van der Waals surface area (Å²) in [4.78, 5) is 22.5. The van der Waals surface area contributed by atoms with Crippen LogP contribution in [0.4, 0.5) is 18.0 Å². The van der Waals surface area contributed by atoms with E-state index in [9.17, 15) is 22.8 Å². The molecule has 0 radical (unpaired) electrons. The molecular formula is C9H13F3N2O3. The SMILES string of the molecule is COC(=O)NC1CCN(C(=O)C(F)(F)F)CC1. The fraction of sp³-hybridized carbons (Fsp3) is 0.778. The molecule has 98 valence electrons. The highest BCUT2D eigenvalue weighted by Crippen LogP contribution is 2.21. The summed E-state index contributed by atoms with van der Waals surface area (Å²) in [5, 5.41) is 2.49. The minimum Gasteiger partial charge on any atom is -0.453 e. The number of rotatable bonds is 1. The van der Waals surface area contributed by atoms with Crippen LogP contribution < -0.4 is 5.32 Å². The molecule has 1 saturated heterocycles. The van der Waals surface area contributed by atoms with E-state index >= 15 is 0 Å². The van der Waals surface area contributed by atoms with Crippen molar-refractivity contribution in [3.63, 3.8) is 0 Å². The molecule has 8 heteroatoms. The highest BCUT2D eigenvalue weighted by molar-refractivity contribution is 5.82. The van der Waals surface area contributed by atoms with Gasteiger partial charge in [0.15, 0.2) is 0 Å². The standard InChI is InChI=1S/C9H13F3N2O3/c1-17-8(16)13-6-2-4-14(5-3-6)7(15)9(10,11)12/h6H,2-5H2,1H3,(H,13,16). The number of hydrogen-bond donors (Lipinski definition) is 1. The summed E-state index contributed by atoms with van der Waals surface area (Å²) in [7, 11) is 1.21. The van der Waals surface area contributed by atoms with Crippen LogP contribution in [0.3, 0.4) is 0 Å². The second-order valence-electron chi connectivity index (χ2n) is 3.70. The van der Waals surface area contributed by atoms with Gasteiger partial charge in [0, 0.05) is 19.1 Å². The maximum Gasteiger partial charge on any atom is 0.471 e. The first-order valence-electron chi connectivity index (χ1n) is 5.05. The molecule has 5 nitrogen and oxygen atoms in total. The molecule has 0 spiro atoms. The van der Waals surface area contributed by atoms with Crippen LogP contribution in [0.1, 0.15) is 12.8 Å². The fourth-order valence-corrected chi connectivity index (χ4v) is 1.63. The summed E-state index contributed by atoms with van der Waals surface area (Å²) < 4.78 is 40.7. The minimum absolute atomic E-state index is 0.0208. The molecule has 0 atom stereocenters. The molecule has 1 fully saturated rings. The summed E-state index contributed by atoms with van der Waals surface area (Å²) in [6.07, 6.45) is -4.87. The molecule has 1 aliphatic heterocycles. The lowest BCUT2D eigenvalue weighted by Crippen LogP contribution is -2.50. The molecule has 0 unspecified atom stereocenters. The first kappa shape index (κ1) is 13.6. The number of alkyl carbamates (subject to hydrolysis) is 1. The van der Waals surface area contributed by atoms with Crippen molar-refractivity contribution in [2.45, 2.75) is 25.1 Å². The fourth-order valence-electron chi connectivity index (χ4n) is 1.63. The van der Waals surface area contributed by atoms with Crippen molar-refractivity contribution in [1.82, 2.24) is 10.2 Å². The molecule has 0 aromatic rings. The summed E-state index contributed by atoms with van der Waals surface area (Å²) in [5.74, 6) is -1.82. The van der Waals surface area contributed by atoms with Gasteiger partial charge < -0.3 is 15.0 Å². The van der Waals surface area contributed by atoms with Crippen molar-refractivity contribution in [2.75, 3.05) is 20.2 Å². The van der Waals surface area contributed by atoms with Crippen LogP contribution in [-0.4, -0.2) is 49.3 Å². The van der Waals surface area contributed by atoms with E-state index in [1.807, 2.05) is 0 Å². The Morgan fingerprint density at radius 2 is 1.82 bits per heavy atom. The Bertz CT molecular complexity index is 298. The van der Waals surface area contributed by atoms with Gasteiger partial charge in [-0.2, -0.15) is 13.2 Å². The van der Waals surface area contributed by atoms with Gasteiger partial charge in [0.2, 0.25) is 0 Å². The van der Waals surface area contributed by atoms with Gasteiger partial charge in [-0.25, -0.2) is 4.79 Å². The summed E-state index contributed by atoms with van der Waals surface area (Å²) >= 11 is 0. The molecule has 2 amide bonds. The monoisotopic (exact) mass is 254 g/mol. The van der Waals surface area contributed by atoms with Gasteiger partial charge in [-0.05, 0) is 12.8 Å². The molecule has 17 heavy (non-hydrogen) atoms. The Balaban J connectivity index is 2.41. The lowest BCUT2D eigenvalue weighted by Gasteiger charge is -2.32. The molecule has 1 heterocycles. The number of hydrogen-bond acceptors (Lipinski definition) is 3. The van der Waals surface area contributed by atoms with Gasteiger partial charge in [0.25, 0.3) is 0 Å². The Kier molecular flexibility index (Phi) is 4.19. The number of alkyl halides is 3. The normalized spacial score (nSPS) is 17.8. The first-order valence-corrected chi connectivity index (χ1v) is 5.05. The van der Waals surface area contributed by atoms with E-state index in [0.29, 0.717) is 0 Å². The third-order valence-corrected chi connectivity index (χ3v) is 2.53. The Hall–Kier alpha value is -1.47. The highest BCUT2D eigenvalue weighted by Gasteiger charge is 2.43. The number of carbonyl (C=O) groups is 2. The average molecular weight is 254 g/mol. The van der Waals surface area contributed by atoms with Crippen LogP contribution in [-0.2, 0) is 9.53 Å². The topological polar surface area (TPSA) is 58.6 Å². The predicted octanol–water partition coefficient (Wildman–Crippen LogP) is 0.896. The zero-order valence-corrected chi connectivity index (χ0v) is 9.21. The van der Waals surface area contributed by atoms with Crippen LogP contribution in [0.2, 0.25) is 0 Å². The van der Waals surface area contributed by atoms with Crippen molar-refractivity contribution in [1.29, 1.82) is 0 Å². The van der Waals surface area contributed by atoms with E-state index in [4.69, 9.17) is 0 Å². The molecule has 0 aliphatic carbocycles. The highest BCUT2D eigenvalue weighted by atomic mass is 19.4. The molecular weight excluding hydrogens is 241 g/mol. The largest absolute Gasteiger partial charge is 0.471 e. The van der Waals surface area contributed by atoms with E-state index < -0.39 is 18.2 Å². The van der Waals surface area contributed by atoms with Gasteiger partial charge in [-0.1, -0.05) is 0 Å². The maximum absolute atomic E-state index is 12.1. The van der Waals surface area contributed by atoms with Crippen LogP contribution in [0, 0.1) is 0 Å². The number of halogens is 3. The number of piperidine rings is 1. The predicted molar refractivity (Wildman–Crippen MR) is 51.2 cm³/mol. The molecule has 1 rings (SSSR count). The number of amides is 2. The second kappa shape index (κ2) is 5.24. The number of nitrogens with one attached hydrogen (secondary N) is 1. The van der Waals surface area contributed by atoms with Crippen LogP contribution in [0.15, 0.2) is 0 Å². The molecule has 1 N–H and O–H groups in total. The summed E-state index contributed by atoms with van der Waals surface area (Å²) in [5.41, 5.74) is 0. The van der Waals surface area contributed by atoms with Crippen molar-refractivity contribution in [3.05, 3.63) is 0 Å². The Labute approximate surface area is 95.9 Å². The van der Waals surface area contributed by atoms with Crippen molar-refractivity contribution < 1.29 is 27.5 Å². The molecule has 1 aliphatic rings. The Morgan fingerprint density at radius 1 is 1.29 bits per heavy atom.